The third kappa shape index (κ3) is 5.42. The smallest absolute Gasteiger partial charge is 0.00952 e. The van der Waals surface area contributed by atoms with Crippen molar-refractivity contribution >= 4 is 0 Å². The van der Waals surface area contributed by atoms with Crippen molar-refractivity contribution in [2.75, 3.05) is 6.54 Å². The topological polar surface area (TPSA) is 12.0 Å². The monoisotopic (exact) mass is 239 g/mol. The summed E-state index contributed by atoms with van der Waals surface area (Å²) in [4.78, 5) is 0. The Bertz CT molecular complexity index is 170. The molecule has 1 rings (SSSR count). The summed E-state index contributed by atoms with van der Waals surface area (Å²) in [5, 5.41) is 3.73. The maximum Gasteiger partial charge on any atom is 0.00952 e. The minimum absolute atomic E-state index is 0.808. The van der Waals surface area contributed by atoms with Gasteiger partial charge in [-0.05, 0) is 37.6 Å². The van der Waals surface area contributed by atoms with E-state index in [9.17, 15) is 0 Å². The van der Waals surface area contributed by atoms with E-state index >= 15 is 0 Å². The van der Waals surface area contributed by atoms with Gasteiger partial charge in [-0.25, -0.2) is 0 Å². The summed E-state index contributed by atoms with van der Waals surface area (Å²) < 4.78 is 0. The van der Waals surface area contributed by atoms with E-state index in [0.717, 1.165) is 24.4 Å². The molecule has 0 bridgehead atoms. The van der Waals surface area contributed by atoms with E-state index in [1.807, 2.05) is 0 Å². The van der Waals surface area contributed by atoms with Gasteiger partial charge in [0.15, 0.2) is 0 Å². The largest absolute Gasteiger partial charge is 0.314 e. The normalized spacial score (nSPS) is 27.0. The number of hydrogen-bond donors (Lipinski definition) is 1. The van der Waals surface area contributed by atoms with Crippen molar-refractivity contribution < 1.29 is 0 Å². The van der Waals surface area contributed by atoms with Gasteiger partial charge in [-0.15, -0.1) is 0 Å². The van der Waals surface area contributed by atoms with Crippen molar-refractivity contribution in [3.8, 4) is 0 Å². The molecule has 1 nitrogen and oxygen atoms in total. The quantitative estimate of drug-likeness (QED) is 0.644. The summed E-state index contributed by atoms with van der Waals surface area (Å²) in [6, 6.07) is 0.808. The van der Waals surface area contributed by atoms with Crippen LogP contribution < -0.4 is 5.32 Å². The minimum Gasteiger partial charge on any atom is -0.314 e. The molecule has 0 radical (unpaired) electrons. The van der Waals surface area contributed by atoms with Crippen molar-refractivity contribution in [3.63, 3.8) is 0 Å². The first-order valence-corrected chi connectivity index (χ1v) is 8.05. The van der Waals surface area contributed by atoms with E-state index in [1.165, 1.54) is 57.8 Å². The Morgan fingerprint density at radius 2 is 1.71 bits per heavy atom. The fourth-order valence-electron chi connectivity index (χ4n) is 3.48. The number of rotatable bonds is 8. The van der Waals surface area contributed by atoms with Crippen molar-refractivity contribution in [1.29, 1.82) is 0 Å². The van der Waals surface area contributed by atoms with Crippen LogP contribution in [0.15, 0.2) is 0 Å². The summed E-state index contributed by atoms with van der Waals surface area (Å²) in [5.41, 5.74) is 0. The zero-order chi connectivity index (χ0) is 12.5. The molecule has 1 N–H and O–H groups in total. The molecule has 1 atom stereocenters. The van der Waals surface area contributed by atoms with Crippen molar-refractivity contribution in [2.45, 2.75) is 84.6 Å². The third-order valence-corrected chi connectivity index (χ3v) is 4.49. The maximum atomic E-state index is 3.73. The van der Waals surface area contributed by atoms with Gasteiger partial charge in [0.2, 0.25) is 0 Å². The molecule has 0 amide bonds. The number of unbranched alkanes of at least 4 members (excludes halogenated alkanes) is 1. The van der Waals surface area contributed by atoms with Crippen LogP contribution in [0.3, 0.4) is 0 Å². The minimum atomic E-state index is 0.808. The molecule has 0 heterocycles. The SMILES string of the molecule is CCCCC(NCC)C1CCC(CCC)CC1. The number of nitrogens with one attached hydrogen (secondary N) is 1. The maximum absolute atomic E-state index is 3.73. The van der Waals surface area contributed by atoms with E-state index in [2.05, 4.69) is 26.1 Å². The van der Waals surface area contributed by atoms with Gasteiger partial charge in [0.25, 0.3) is 0 Å². The van der Waals surface area contributed by atoms with Crippen LogP contribution in [0.4, 0.5) is 0 Å². The lowest BCUT2D eigenvalue weighted by molar-refractivity contribution is 0.206. The highest BCUT2D eigenvalue weighted by Gasteiger charge is 2.26. The predicted molar refractivity (Wildman–Crippen MR) is 77.3 cm³/mol. The predicted octanol–water partition coefficient (Wildman–Crippen LogP) is 4.76. The Balaban J connectivity index is 2.31. The first-order chi connectivity index (χ1) is 8.31. The zero-order valence-corrected chi connectivity index (χ0v) is 12.3. The molecule has 0 saturated heterocycles. The highest BCUT2D eigenvalue weighted by molar-refractivity contribution is 4.81. The first kappa shape index (κ1) is 15.0. The van der Waals surface area contributed by atoms with Gasteiger partial charge in [0, 0.05) is 6.04 Å². The lowest BCUT2D eigenvalue weighted by atomic mass is 9.76. The van der Waals surface area contributed by atoms with Gasteiger partial charge < -0.3 is 5.32 Å². The second-order valence-corrected chi connectivity index (χ2v) is 5.88. The Morgan fingerprint density at radius 3 is 2.24 bits per heavy atom. The van der Waals surface area contributed by atoms with Crippen molar-refractivity contribution in [3.05, 3.63) is 0 Å². The summed E-state index contributed by atoms with van der Waals surface area (Å²) >= 11 is 0. The average molecular weight is 239 g/mol. The van der Waals surface area contributed by atoms with Gasteiger partial charge in [-0.3, -0.25) is 0 Å². The van der Waals surface area contributed by atoms with E-state index in [4.69, 9.17) is 0 Å². The van der Waals surface area contributed by atoms with Crippen LogP contribution in [0.25, 0.3) is 0 Å². The molecule has 0 aliphatic heterocycles. The van der Waals surface area contributed by atoms with Crippen LogP contribution in [0.5, 0.6) is 0 Å². The Kier molecular flexibility index (Phi) is 7.92. The van der Waals surface area contributed by atoms with E-state index < -0.39 is 0 Å². The van der Waals surface area contributed by atoms with E-state index in [0.29, 0.717) is 0 Å². The summed E-state index contributed by atoms with van der Waals surface area (Å²) in [7, 11) is 0. The molecule has 102 valence electrons. The van der Waals surface area contributed by atoms with Crippen molar-refractivity contribution in [1.82, 2.24) is 5.32 Å². The van der Waals surface area contributed by atoms with Crippen LogP contribution in [0.2, 0.25) is 0 Å². The molecule has 1 unspecified atom stereocenters. The van der Waals surface area contributed by atoms with E-state index in [1.54, 1.807) is 0 Å². The molecular formula is C16H33N. The number of hydrogen-bond acceptors (Lipinski definition) is 1. The molecule has 0 aromatic rings. The third-order valence-electron chi connectivity index (χ3n) is 4.49. The molecule has 1 aliphatic carbocycles. The second kappa shape index (κ2) is 8.97. The molecule has 1 heteroatoms. The summed E-state index contributed by atoms with van der Waals surface area (Å²) in [6.45, 7) is 8.03. The van der Waals surface area contributed by atoms with Gasteiger partial charge >= 0.3 is 0 Å². The highest BCUT2D eigenvalue weighted by Crippen LogP contribution is 2.34. The Hall–Kier alpha value is -0.0400. The van der Waals surface area contributed by atoms with Gasteiger partial charge in [-0.1, -0.05) is 59.3 Å². The molecule has 1 saturated carbocycles. The molecular weight excluding hydrogens is 206 g/mol. The standard InChI is InChI=1S/C16H33N/c1-4-7-9-16(17-6-3)15-12-10-14(8-5-2)11-13-15/h14-17H,4-13H2,1-3H3. The second-order valence-electron chi connectivity index (χ2n) is 5.88. The molecule has 17 heavy (non-hydrogen) atoms. The van der Waals surface area contributed by atoms with Crippen LogP contribution in [0, 0.1) is 11.8 Å². The van der Waals surface area contributed by atoms with Gasteiger partial charge in [-0.2, -0.15) is 0 Å². The van der Waals surface area contributed by atoms with Gasteiger partial charge in [0.05, 0.1) is 0 Å². The van der Waals surface area contributed by atoms with E-state index in [-0.39, 0.29) is 0 Å². The summed E-state index contributed by atoms with van der Waals surface area (Å²) in [6.07, 6.45) is 12.9. The zero-order valence-electron chi connectivity index (χ0n) is 12.3. The first-order valence-electron chi connectivity index (χ1n) is 8.05. The fraction of sp³-hybridized carbons (Fsp3) is 1.00. The molecule has 0 spiro atoms. The summed E-state index contributed by atoms with van der Waals surface area (Å²) in [5.74, 6) is 2.01. The van der Waals surface area contributed by atoms with Crippen LogP contribution in [-0.2, 0) is 0 Å². The lowest BCUT2D eigenvalue weighted by Gasteiger charge is -2.34. The molecule has 1 aliphatic rings. The molecule has 0 aromatic carbocycles. The molecule has 0 aromatic heterocycles. The van der Waals surface area contributed by atoms with Crippen LogP contribution >= 0.6 is 0 Å². The molecule has 1 fully saturated rings. The van der Waals surface area contributed by atoms with Gasteiger partial charge in [0.1, 0.15) is 0 Å². The Labute approximate surface area is 109 Å². The van der Waals surface area contributed by atoms with Crippen LogP contribution in [-0.4, -0.2) is 12.6 Å². The fourth-order valence-corrected chi connectivity index (χ4v) is 3.48. The van der Waals surface area contributed by atoms with Crippen molar-refractivity contribution in [2.24, 2.45) is 11.8 Å². The Morgan fingerprint density at radius 1 is 1.00 bits per heavy atom. The highest BCUT2D eigenvalue weighted by atomic mass is 14.9. The average Bonchev–Trinajstić information content (AvgIpc) is 2.36. The lowest BCUT2D eigenvalue weighted by Crippen LogP contribution is -2.38. The van der Waals surface area contributed by atoms with Crippen LogP contribution in [0.1, 0.15) is 78.6 Å².